The van der Waals surface area contributed by atoms with Crippen LogP contribution in [0, 0.1) is 73.9 Å². The quantitative estimate of drug-likeness (QED) is 0.0469. The molecule has 13 heteroatoms. The van der Waals surface area contributed by atoms with Gasteiger partial charge >= 0.3 is 17.9 Å². The number of aromatic amines is 1. The lowest BCUT2D eigenvalue weighted by Gasteiger charge is -2.50. The monoisotopic (exact) mass is 1170 g/mol. The Balaban J connectivity index is 2.10. The van der Waals surface area contributed by atoms with Gasteiger partial charge in [0.1, 0.15) is 35.0 Å². The fraction of sp³-hybridized carbons (Fsp3) is 0.775. The van der Waals surface area contributed by atoms with E-state index < -0.39 is 40.9 Å². The molecule has 0 aromatic carbocycles. The van der Waals surface area contributed by atoms with E-state index >= 15 is 14.4 Å². The summed E-state index contributed by atoms with van der Waals surface area (Å²) >= 11 is 0. The second-order valence-electron chi connectivity index (χ2n) is 30.5. The van der Waals surface area contributed by atoms with Crippen molar-refractivity contribution in [1.82, 2.24) is 10.3 Å². The second kappa shape index (κ2) is 28.5. The number of ether oxygens (including phenoxy) is 4. The predicted molar refractivity (Wildman–Crippen MR) is 344 cm³/mol. The Hall–Kier alpha value is -4.52. The van der Waals surface area contributed by atoms with Crippen molar-refractivity contribution < 1.29 is 42.9 Å². The number of allylic oxidation sites excluding steroid dienone is 1. The number of anilines is 1. The molecule has 2 amide bonds. The highest BCUT2D eigenvalue weighted by molar-refractivity contribution is 6.26. The van der Waals surface area contributed by atoms with Crippen LogP contribution in [0.25, 0.3) is 6.08 Å². The lowest BCUT2D eigenvalue weighted by Crippen LogP contribution is -2.51. The van der Waals surface area contributed by atoms with Crippen LogP contribution in [0.4, 0.5) is 5.82 Å². The minimum Gasteiger partial charge on any atom is -0.462 e. The molecular formula is C71H118N4O9. The molecule has 2 fully saturated rings. The molecule has 2 aliphatic carbocycles. The molecule has 2 N–H and O–H groups in total. The molecule has 0 bridgehead atoms. The molecule has 1 aromatic heterocycles. The van der Waals surface area contributed by atoms with E-state index in [1.807, 2.05) is 75.3 Å². The van der Waals surface area contributed by atoms with Crippen molar-refractivity contribution in [3.8, 4) is 0 Å². The summed E-state index contributed by atoms with van der Waals surface area (Å²) in [7, 11) is 1.74. The number of aromatic nitrogens is 1. The number of amides is 2. The molecule has 3 aliphatic rings. The maximum atomic E-state index is 15.9. The number of carbonyl (C=O) groups is 5. The fourth-order valence-corrected chi connectivity index (χ4v) is 14.2. The second-order valence-corrected chi connectivity index (χ2v) is 30.5. The average molecular weight is 1170 g/mol. The molecule has 0 radical (unpaired) electrons. The summed E-state index contributed by atoms with van der Waals surface area (Å²) in [4.78, 5) is 84.9. The van der Waals surface area contributed by atoms with Crippen molar-refractivity contribution >= 4 is 47.5 Å². The molecule has 1 aromatic rings. The molecule has 476 valence electrons. The van der Waals surface area contributed by atoms with Gasteiger partial charge in [-0.25, -0.2) is 19.4 Å². The molecule has 0 saturated heterocycles. The fourth-order valence-electron chi connectivity index (χ4n) is 14.2. The summed E-state index contributed by atoms with van der Waals surface area (Å²) < 4.78 is 26.1. The van der Waals surface area contributed by atoms with Gasteiger partial charge in [0.15, 0.2) is 0 Å². The van der Waals surface area contributed by atoms with E-state index in [9.17, 15) is 9.59 Å². The number of hydrogen-bond acceptors (Lipinski definition) is 10. The van der Waals surface area contributed by atoms with Gasteiger partial charge in [0.05, 0.1) is 12.3 Å². The lowest BCUT2D eigenvalue weighted by molar-refractivity contribution is -0.166. The Morgan fingerprint density at radius 2 is 1.08 bits per heavy atom. The number of nitrogens with one attached hydrogen (secondary N) is 2. The van der Waals surface area contributed by atoms with Gasteiger partial charge in [0, 0.05) is 66.0 Å². The van der Waals surface area contributed by atoms with Gasteiger partial charge in [-0.3, -0.25) is 9.59 Å². The highest BCUT2D eigenvalue weighted by atomic mass is 16.6. The summed E-state index contributed by atoms with van der Waals surface area (Å²) in [5, 5.41) is 3.23. The number of rotatable bonds is 23. The van der Waals surface area contributed by atoms with Crippen LogP contribution in [0.15, 0.2) is 34.0 Å². The van der Waals surface area contributed by atoms with Crippen LogP contribution in [0.5, 0.6) is 0 Å². The highest BCUT2D eigenvalue weighted by Crippen LogP contribution is 2.53. The van der Waals surface area contributed by atoms with Crippen LogP contribution in [-0.2, 0) is 38.1 Å². The minimum atomic E-state index is -0.709. The van der Waals surface area contributed by atoms with Gasteiger partial charge in [0.2, 0.25) is 11.8 Å². The van der Waals surface area contributed by atoms with E-state index in [4.69, 9.17) is 23.9 Å². The topological polar surface area (TPSA) is 166 Å². The minimum absolute atomic E-state index is 0.00602. The standard InChI is InChI=1S/C71H118N4O9/c1-27-34-81-40-45-35-47(66(14,15)16)57(48(36-45)67(17,18)19)83-62(77)55-53(42(8)9)51(72-59(55)74-64(79)70(28-2,29-3)30-4)39-52-54(43(10)11)56(60(73-52)75(26)65(80)71(31-5,32-6)33-7)63(78)84-58-49(68(20,21)22)37-46(38-50(58)69(23,24)25)41-82-61(76)44(12)13/h39,42-43,45-50,57-58,73H,12,27-38,40-41H2,1-11,13-26H3,(H,72,74,79)/b51-39-. The molecule has 4 atom stereocenters. The molecule has 2 saturated carbocycles. The zero-order chi connectivity index (χ0) is 64.0. The first-order valence-electron chi connectivity index (χ1n) is 32.5. The Bertz CT molecular complexity index is 2510. The van der Waals surface area contributed by atoms with Crippen LogP contribution in [0.1, 0.15) is 264 Å². The third-order valence-corrected chi connectivity index (χ3v) is 20.1. The van der Waals surface area contributed by atoms with Crippen molar-refractivity contribution in [2.24, 2.45) is 78.9 Å². The van der Waals surface area contributed by atoms with Gasteiger partial charge < -0.3 is 34.1 Å². The molecule has 4 unspecified atom stereocenters. The Kier molecular flexibility index (Phi) is 24.4. The maximum Gasteiger partial charge on any atom is 0.342 e. The van der Waals surface area contributed by atoms with Crippen molar-refractivity contribution in [2.75, 3.05) is 31.8 Å². The van der Waals surface area contributed by atoms with Gasteiger partial charge in [-0.1, -0.05) is 166 Å². The van der Waals surface area contributed by atoms with Gasteiger partial charge in [-0.2, -0.15) is 0 Å². The molecule has 1 aliphatic heterocycles. The largest absolute Gasteiger partial charge is 0.462 e. The van der Waals surface area contributed by atoms with Crippen LogP contribution >= 0.6 is 0 Å². The molecule has 2 heterocycles. The third-order valence-electron chi connectivity index (χ3n) is 20.1. The lowest BCUT2D eigenvalue weighted by atomic mass is 9.58. The highest BCUT2D eigenvalue weighted by Gasteiger charge is 2.52. The van der Waals surface area contributed by atoms with E-state index in [2.05, 4.69) is 107 Å². The maximum absolute atomic E-state index is 15.9. The Morgan fingerprint density at radius 3 is 1.46 bits per heavy atom. The normalized spacial score (nSPS) is 23.5. The smallest absolute Gasteiger partial charge is 0.342 e. The zero-order valence-electron chi connectivity index (χ0n) is 57.5. The van der Waals surface area contributed by atoms with Crippen LogP contribution in [0.3, 0.4) is 0 Å². The SMILES string of the molecule is C=C(C)C(=O)OCC1CC(C(C)(C)C)C(OC(=O)c2c(N(C)C(=O)C(CC)(CC)CC)[nH]c(/C=C3\N=C(NC(=O)C(CC)(CC)CC)C(C(=O)OC4C(C(C)(C)C)CC(COCCC)CC4C(C)(C)C)=C3C(C)C)c2C(C)C)C(C(C)(C)C)C1. The number of aliphatic imine (C=N–C) groups is 1. The van der Waals surface area contributed by atoms with E-state index in [-0.39, 0.29) is 98.5 Å². The molecule has 0 spiro atoms. The average Bonchev–Trinajstić information content (AvgIpc) is 2.43. The Morgan fingerprint density at radius 1 is 0.655 bits per heavy atom. The van der Waals surface area contributed by atoms with Crippen molar-refractivity contribution in [2.45, 2.75) is 255 Å². The molecule has 4 rings (SSSR count). The van der Waals surface area contributed by atoms with Gasteiger partial charge in [-0.15, -0.1) is 0 Å². The van der Waals surface area contributed by atoms with Gasteiger partial charge in [-0.05, 0) is 140 Å². The first-order chi connectivity index (χ1) is 38.8. The van der Waals surface area contributed by atoms with Crippen LogP contribution < -0.4 is 10.2 Å². The van der Waals surface area contributed by atoms with E-state index in [1.165, 1.54) is 0 Å². The van der Waals surface area contributed by atoms with E-state index in [0.29, 0.717) is 104 Å². The van der Waals surface area contributed by atoms with Crippen LogP contribution in [0.2, 0.25) is 0 Å². The first kappa shape index (κ1) is 72.0. The number of H-pyrrole nitrogens is 1. The van der Waals surface area contributed by atoms with Crippen molar-refractivity contribution in [3.63, 3.8) is 0 Å². The number of esters is 3. The van der Waals surface area contributed by atoms with E-state index in [1.54, 1.807) is 18.9 Å². The summed E-state index contributed by atoms with van der Waals surface area (Å²) in [6, 6.07) is 0. The summed E-state index contributed by atoms with van der Waals surface area (Å²) in [5.41, 5.74) is 0.584. The summed E-state index contributed by atoms with van der Waals surface area (Å²) in [6.45, 7) is 55.9. The molecule has 84 heavy (non-hydrogen) atoms. The Labute approximate surface area is 509 Å². The predicted octanol–water partition coefficient (Wildman–Crippen LogP) is 16.8. The van der Waals surface area contributed by atoms with Crippen LogP contribution in [-0.4, -0.2) is 79.6 Å². The molecule has 13 nitrogen and oxygen atoms in total. The zero-order valence-corrected chi connectivity index (χ0v) is 57.5. The summed E-state index contributed by atoms with van der Waals surface area (Å²) in [6.07, 6.45) is 8.46. The van der Waals surface area contributed by atoms with E-state index in [0.717, 1.165) is 19.3 Å². The number of hydrogen-bond donors (Lipinski definition) is 2. The third kappa shape index (κ3) is 16.2. The van der Waals surface area contributed by atoms with Gasteiger partial charge in [0.25, 0.3) is 0 Å². The van der Waals surface area contributed by atoms with Crippen molar-refractivity contribution in [1.29, 1.82) is 0 Å². The first-order valence-corrected chi connectivity index (χ1v) is 32.5. The molecular weight excluding hydrogens is 1050 g/mol. The number of amidine groups is 1. The summed E-state index contributed by atoms with van der Waals surface area (Å²) in [5.74, 6) is -1.82. The number of carbonyl (C=O) groups excluding carboxylic acids is 5. The number of nitrogens with zero attached hydrogens (tertiary/aromatic N) is 2. The van der Waals surface area contributed by atoms with Crippen molar-refractivity contribution in [3.05, 3.63) is 45.8 Å².